The van der Waals surface area contributed by atoms with Crippen LogP contribution in [0.15, 0.2) is 227 Å². The Hall–Kier alpha value is -17.0. The van der Waals surface area contributed by atoms with Crippen LogP contribution >= 0.6 is 47.8 Å². The number of thioether (sulfide) groups is 2. The van der Waals surface area contributed by atoms with Crippen molar-refractivity contribution < 1.29 is 64.2 Å². The summed E-state index contributed by atoms with van der Waals surface area (Å²) < 4.78 is 123. The van der Waals surface area contributed by atoms with E-state index < -0.39 is 27.0 Å². The van der Waals surface area contributed by atoms with E-state index in [4.69, 9.17) is 54.8 Å². The molecule has 1 aliphatic rings. The summed E-state index contributed by atoms with van der Waals surface area (Å²) in [7, 11) is 9.40. The highest BCUT2D eigenvalue weighted by Gasteiger charge is 2.30. The number of nitrogens with one attached hydrogen (secondary N) is 10. The molecule has 0 aliphatic carbocycles. The van der Waals surface area contributed by atoms with Crippen molar-refractivity contribution in [3.8, 4) is 75.3 Å². The molecule has 0 unspecified atom stereocenters. The predicted octanol–water partition coefficient (Wildman–Crippen LogP) is 21.6. The number of hydrogen-bond donors (Lipinski definition) is 12. The van der Waals surface area contributed by atoms with Gasteiger partial charge in [-0.15, -0.1) is 23.5 Å². The number of ether oxygens (including phenoxy) is 7. The minimum absolute atomic E-state index is 0.0111. The van der Waals surface area contributed by atoms with E-state index in [2.05, 4.69) is 134 Å². The summed E-state index contributed by atoms with van der Waals surface area (Å²) in [4.78, 5) is 91.6. The van der Waals surface area contributed by atoms with Gasteiger partial charge in [-0.2, -0.15) is 37.5 Å². The summed E-state index contributed by atoms with van der Waals surface area (Å²) >= 11 is 13.3. The SMILES string of the molecule is CNc1cc(F)c2c3c1[nH]c1nc(Oc4cnc(C)nc4)nc(c13)-c1ccc(Cl)cc1NC2.CNc1cc(F)cc2c1[nH]c1nc(Oc3cnc(C)nc3)[nH]c(=O)c12.CNc1cc(F)cc2c1[nH]c1nc(Oc3cnc(C)nc3)nc(SCc3ccc(OC)cc3)c12.CNc1cc(F)cc2c1[nH]c1nc(S(=O)(=O)Cc3ccc(OC)cc3)nc(SCc3ccc(OC)cc3)c12.COc1ccc(CS)cc1.Cc1ncc(O)cn1. The predicted molar refractivity (Wildman–Crippen MR) is 568 cm³/mol. The molecule has 22 rings (SSSR count). The molecule has 754 valence electrons. The Morgan fingerprint density at radius 1 is 0.419 bits per heavy atom. The third-order valence-corrected chi connectivity index (χ3v) is 27.0. The van der Waals surface area contributed by atoms with E-state index >= 15 is 4.39 Å². The standard InChI is InChI=1S/C27H25FN4O4S2.C24H21FN6O2S.C23H17ClFN7O.C16H13FN6O2.C8H10OS.C5H6N2O/c1-29-22-13-18(28)12-21-23-25(30-24(21)22)31-27(38(33,34)15-17-6-10-20(36-3)11-7-17)32-26(23)37-14-16-4-8-19(35-2)9-5-16;1-13-27-10-17(11-28-13)33-24-30-22-20(18-8-15(25)9-19(26-2)21(18)29-22)23(31-24)34-12-14-4-6-16(32-3)7-5-14;1-10-27-7-12(8-28-10)33-23-31-20-13-4-3-11(24)5-16(13)29-9-14-15(25)6-17(26-2)21-18(14)19(20)22(30-21)32-23;1-7-19-5-9(6-20-7)25-16-22-14-12(15(24)23-16)10-3-8(17)4-11(18-2)13(10)21-14;1-9-8-4-2-7(6-10)3-5-8;1-4-6-2-5(8)3-7-4/h4-13,29H,14-15H2,1-3H3,(H,30,31,32);4-11,26H,12H2,1-3H3,(H,29,30,31);3-8,26,29H,9H2,1-2H3,(H,30,31,32);3-6,18H,1-2H3,(H2,21,22,23,24);2-5,10H,6H2,1H3;2-3,8H,1H3. The molecule has 0 fully saturated rings. The summed E-state index contributed by atoms with van der Waals surface area (Å²) in [6, 6.07) is 45.6. The Bertz CT molecular complexity index is 8580. The largest absolute Gasteiger partial charge is 0.505 e. The average molecular weight is 2100 g/mol. The van der Waals surface area contributed by atoms with Gasteiger partial charge in [0.2, 0.25) is 9.84 Å². The maximum absolute atomic E-state index is 15.2. The van der Waals surface area contributed by atoms with Crippen LogP contribution in [-0.2, 0) is 39.4 Å². The number of halogens is 5. The highest BCUT2D eigenvalue weighted by Crippen LogP contribution is 2.46. The molecule has 0 bridgehead atoms. The molecular formula is C103H92ClF4N25O11S4. The fourth-order valence-electron chi connectivity index (χ4n) is 15.6. The van der Waals surface area contributed by atoms with Crippen LogP contribution in [-0.4, -0.2) is 170 Å². The Balaban J connectivity index is 0.000000128. The van der Waals surface area contributed by atoms with Gasteiger partial charge in [0.15, 0.2) is 23.0 Å². The van der Waals surface area contributed by atoms with Gasteiger partial charge in [-0.1, -0.05) is 60.1 Å². The summed E-state index contributed by atoms with van der Waals surface area (Å²) in [6.07, 6.45) is 11.9. The van der Waals surface area contributed by atoms with Crippen LogP contribution in [0.3, 0.4) is 0 Å². The highest BCUT2D eigenvalue weighted by atomic mass is 35.5. The van der Waals surface area contributed by atoms with Gasteiger partial charge in [0, 0.05) is 95.4 Å². The number of fused-ring (bicyclic) bond motifs is 11. The maximum atomic E-state index is 15.2. The summed E-state index contributed by atoms with van der Waals surface area (Å²) in [5.41, 5.74) is 12.8. The second kappa shape index (κ2) is 45.5. The first kappa shape index (κ1) is 102. The van der Waals surface area contributed by atoms with Crippen molar-refractivity contribution in [2.45, 2.75) is 72.5 Å². The Morgan fingerprint density at radius 3 is 1.26 bits per heavy atom. The van der Waals surface area contributed by atoms with E-state index in [1.54, 1.807) is 146 Å². The number of nitrogens with zero attached hydrogens (tertiary/aromatic N) is 15. The van der Waals surface area contributed by atoms with Crippen molar-refractivity contribution >= 4 is 174 Å². The summed E-state index contributed by atoms with van der Waals surface area (Å²) in [6.45, 7) is 7.38. The van der Waals surface area contributed by atoms with Crippen molar-refractivity contribution in [2.75, 3.05) is 83.2 Å². The zero-order valence-electron chi connectivity index (χ0n) is 81.0. The number of sulfone groups is 1. The number of anilines is 5. The lowest BCUT2D eigenvalue weighted by Crippen LogP contribution is -2.10. The van der Waals surface area contributed by atoms with Crippen LogP contribution in [0.1, 0.15) is 51.1 Å². The second-order valence-corrected chi connectivity index (χ2v) is 37.2. The first-order chi connectivity index (χ1) is 71.5. The fourth-order valence-corrected chi connectivity index (χ4v) is 19.3. The van der Waals surface area contributed by atoms with Gasteiger partial charge in [0.05, 0.1) is 156 Å². The Kier molecular flexibility index (Phi) is 31.5. The maximum Gasteiger partial charge on any atom is 0.325 e. The van der Waals surface area contributed by atoms with E-state index in [-0.39, 0.29) is 58.3 Å². The van der Waals surface area contributed by atoms with Crippen molar-refractivity contribution in [1.29, 1.82) is 0 Å². The number of rotatable bonds is 24. The number of hydrogen-bond acceptors (Lipinski definition) is 34. The Morgan fingerprint density at radius 2 is 0.811 bits per heavy atom. The van der Waals surface area contributed by atoms with Gasteiger partial charge in [0.25, 0.3) is 10.7 Å². The number of H-pyrrole nitrogens is 5. The lowest BCUT2D eigenvalue weighted by Gasteiger charge is -2.18. The molecule has 11 N–H and O–H groups in total. The van der Waals surface area contributed by atoms with E-state index in [1.165, 1.54) is 96.3 Å². The number of benzene rings is 9. The van der Waals surface area contributed by atoms with Crippen LogP contribution < -0.4 is 65.3 Å². The Labute approximate surface area is 860 Å². The zero-order valence-corrected chi connectivity index (χ0v) is 85.1. The fraction of sp³-hybridized carbons (Fsp3) is 0.165. The minimum atomic E-state index is -3.90. The molecule has 0 saturated carbocycles. The quantitative estimate of drug-likeness (QED) is 0.00879. The molecule has 0 amide bonds. The van der Waals surface area contributed by atoms with Crippen LogP contribution in [0, 0.1) is 51.0 Å². The molecule has 0 atom stereocenters. The smallest absolute Gasteiger partial charge is 0.325 e. The highest BCUT2D eigenvalue weighted by molar-refractivity contribution is 7.99. The van der Waals surface area contributed by atoms with Gasteiger partial charge in [0.1, 0.15) is 102 Å². The number of thiol groups is 1. The molecule has 9 aromatic carbocycles. The normalized spacial score (nSPS) is 11.3. The zero-order chi connectivity index (χ0) is 104. The molecule has 0 spiro atoms. The first-order valence-corrected chi connectivity index (χ1v) is 49.8. The van der Waals surface area contributed by atoms with Crippen LogP contribution in [0.5, 0.6) is 64.0 Å². The van der Waals surface area contributed by atoms with Crippen molar-refractivity contribution in [3.63, 3.8) is 0 Å². The molecule has 21 aromatic rings. The van der Waals surface area contributed by atoms with E-state index in [1.807, 2.05) is 78.9 Å². The number of aromatic amines is 5. The molecule has 36 nitrogen and oxygen atoms in total. The van der Waals surface area contributed by atoms with Crippen molar-refractivity contribution in [2.24, 2.45) is 0 Å². The topological polar surface area (TPSA) is 468 Å². The van der Waals surface area contributed by atoms with Crippen LogP contribution in [0.2, 0.25) is 5.02 Å². The van der Waals surface area contributed by atoms with Crippen molar-refractivity contribution in [1.82, 2.24) is 99.7 Å². The second-order valence-electron chi connectivity index (χ2n) is 32.6. The molecule has 13 heterocycles. The minimum Gasteiger partial charge on any atom is -0.505 e. The van der Waals surface area contributed by atoms with Gasteiger partial charge in [-0.25, -0.2) is 75.8 Å². The molecule has 12 aromatic heterocycles. The van der Waals surface area contributed by atoms with E-state index in [0.29, 0.717) is 173 Å². The van der Waals surface area contributed by atoms with E-state index in [0.717, 1.165) is 67.2 Å². The molecule has 0 saturated heterocycles. The van der Waals surface area contributed by atoms with Gasteiger partial charge < -0.3 is 84.8 Å². The van der Waals surface area contributed by atoms with Gasteiger partial charge in [-0.05, 0) is 159 Å². The van der Waals surface area contributed by atoms with Crippen LogP contribution in [0.25, 0.3) is 99.0 Å². The lowest BCUT2D eigenvalue weighted by molar-refractivity contribution is 0.414. The van der Waals surface area contributed by atoms with Gasteiger partial charge >= 0.3 is 18.0 Å². The number of aryl methyl sites for hydroxylation is 4. The summed E-state index contributed by atoms with van der Waals surface area (Å²) in [5, 5.41) is 30.0. The summed E-state index contributed by atoms with van der Waals surface area (Å²) in [5.74, 6) is 6.98. The van der Waals surface area contributed by atoms with Crippen LogP contribution in [0.4, 0.5) is 46.0 Å². The number of aromatic hydroxyl groups is 1. The van der Waals surface area contributed by atoms with Gasteiger partial charge in [-0.3, -0.25) is 9.78 Å². The molecular weight excluding hydrogens is 2000 g/mol. The molecule has 148 heavy (non-hydrogen) atoms. The average Bonchev–Trinajstić information content (AvgIpc) is 1.56. The third-order valence-electron chi connectivity index (χ3n) is 22.9. The monoisotopic (exact) mass is 2090 g/mol. The lowest BCUT2D eigenvalue weighted by atomic mass is 9.98. The molecule has 0 radical (unpaired) electrons. The van der Waals surface area contributed by atoms with E-state index in [9.17, 15) is 26.4 Å². The third kappa shape index (κ3) is 23.5. The number of methoxy groups -OCH3 is 4. The first-order valence-electron chi connectivity index (χ1n) is 45.2. The molecule has 1 aliphatic heterocycles. The molecule has 45 heteroatoms. The van der Waals surface area contributed by atoms with Crippen molar-refractivity contribution in [3.05, 3.63) is 297 Å². The number of aromatic nitrogens is 20.